The summed E-state index contributed by atoms with van der Waals surface area (Å²) < 4.78 is 2.17. The van der Waals surface area contributed by atoms with E-state index < -0.39 is 0 Å². The molecule has 0 aromatic carbocycles. The average molecular weight is 416 g/mol. The van der Waals surface area contributed by atoms with Gasteiger partial charge in [0.2, 0.25) is 0 Å². The molecular weight excluding hydrogens is 387 g/mol. The normalized spacial score (nSPS) is 20.0. The summed E-state index contributed by atoms with van der Waals surface area (Å²) in [5.74, 6) is 2.00. The Balaban J connectivity index is 0.00000176. The highest BCUT2D eigenvalue weighted by Gasteiger charge is 2.48. The molecule has 0 aliphatic heterocycles. The van der Waals surface area contributed by atoms with Gasteiger partial charge in [-0.05, 0) is 49.1 Å². The van der Waals surface area contributed by atoms with Gasteiger partial charge in [0.05, 0.1) is 6.54 Å². The minimum Gasteiger partial charge on any atom is -0.356 e. The quantitative estimate of drug-likeness (QED) is 0.454. The van der Waals surface area contributed by atoms with Crippen LogP contribution < -0.4 is 5.32 Å². The topological polar surface area (TPSA) is 32.6 Å². The van der Waals surface area contributed by atoms with Crippen molar-refractivity contribution in [1.29, 1.82) is 0 Å². The monoisotopic (exact) mass is 416 g/mol. The van der Waals surface area contributed by atoms with E-state index in [2.05, 4.69) is 52.2 Å². The predicted molar refractivity (Wildman–Crippen MR) is 103 cm³/mol. The Labute approximate surface area is 151 Å². The molecule has 3 rings (SSSR count). The Kier molecular flexibility index (Phi) is 5.80. The molecular formula is C17H29IN4. The molecule has 22 heavy (non-hydrogen) atoms. The minimum atomic E-state index is 0. The van der Waals surface area contributed by atoms with Crippen molar-refractivity contribution in [2.24, 2.45) is 23.4 Å². The third-order valence-corrected chi connectivity index (χ3v) is 5.42. The van der Waals surface area contributed by atoms with E-state index >= 15 is 0 Å². The first-order chi connectivity index (χ1) is 10.1. The Morgan fingerprint density at radius 2 is 2.18 bits per heavy atom. The second kappa shape index (κ2) is 7.23. The van der Waals surface area contributed by atoms with Crippen molar-refractivity contribution in [1.82, 2.24) is 14.8 Å². The summed E-state index contributed by atoms with van der Waals surface area (Å²) in [6.45, 7) is 1.99. The SMILES string of the molecule is CN=C(NCC1(C2CC2)CCC1)N(C)Cc1cccn1C.I. The van der Waals surface area contributed by atoms with E-state index in [9.17, 15) is 0 Å². The first-order valence-corrected chi connectivity index (χ1v) is 8.17. The number of guanidine groups is 1. The molecule has 1 N–H and O–H groups in total. The molecule has 0 saturated heterocycles. The van der Waals surface area contributed by atoms with Gasteiger partial charge in [-0.25, -0.2) is 0 Å². The van der Waals surface area contributed by atoms with Crippen molar-refractivity contribution in [3.8, 4) is 0 Å². The lowest BCUT2D eigenvalue weighted by Gasteiger charge is -2.43. The van der Waals surface area contributed by atoms with Crippen LogP contribution in [0.15, 0.2) is 23.3 Å². The lowest BCUT2D eigenvalue weighted by molar-refractivity contribution is 0.105. The Morgan fingerprint density at radius 3 is 2.64 bits per heavy atom. The van der Waals surface area contributed by atoms with Crippen LogP contribution in [0.5, 0.6) is 0 Å². The van der Waals surface area contributed by atoms with Crippen LogP contribution in [-0.2, 0) is 13.6 Å². The van der Waals surface area contributed by atoms with Gasteiger partial charge >= 0.3 is 0 Å². The summed E-state index contributed by atoms with van der Waals surface area (Å²) in [4.78, 5) is 6.68. The number of halogens is 1. The molecule has 1 aromatic rings. The van der Waals surface area contributed by atoms with Gasteiger partial charge in [-0.1, -0.05) is 6.42 Å². The summed E-state index contributed by atoms with van der Waals surface area (Å²) in [5, 5.41) is 3.63. The Morgan fingerprint density at radius 1 is 1.45 bits per heavy atom. The van der Waals surface area contributed by atoms with Crippen LogP contribution in [0.3, 0.4) is 0 Å². The van der Waals surface area contributed by atoms with E-state index in [0.29, 0.717) is 5.41 Å². The van der Waals surface area contributed by atoms with Crippen molar-refractivity contribution in [2.75, 3.05) is 20.6 Å². The van der Waals surface area contributed by atoms with Crippen LogP contribution in [0.2, 0.25) is 0 Å². The average Bonchev–Trinajstić information content (AvgIpc) is 3.18. The highest BCUT2D eigenvalue weighted by atomic mass is 127. The van der Waals surface area contributed by atoms with Gasteiger partial charge in [0.1, 0.15) is 0 Å². The van der Waals surface area contributed by atoms with Gasteiger partial charge in [0, 0.05) is 39.6 Å². The maximum absolute atomic E-state index is 4.46. The fraction of sp³-hybridized carbons (Fsp3) is 0.706. The molecule has 0 unspecified atom stereocenters. The summed E-state index contributed by atoms with van der Waals surface area (Å²) in [6, 6.07) is 4.26. The number of aromatic nitrogens is 1. The molecule has 1 heterocycles. The molecule has 2 aliphatic carbocycles. The molecule has 0 bridgehead atoms. The molecule has 0 atom stereocenters. The van der Waals surface area contributed by atoms with Crippen molar-refractivity contribution < 1.29 is 0 Å². The second-order valence-corrected chi connectivity index (χ2v) is 6.86. The van der Waals surface area contributed by atoms with Gasteiger partial charge in [0.25, 0.3) is 0 Å². The van der Waals surface area contributed by atoms with Gasteiger partial charge < -0.3 is 14.8 Å². The lowest BCUT2D eigenvalue weighted by atomic mass is 9.65. The van der Waals surface area contributed by atoms with Crippen LogP contribution >= 0.6 is 24.0 Å². The molecule has 0 radical (unpaired) electrons. The highest BCUT2D eigenvalue weighted by Crippen LogP contribution is 2.56. The first-order valence-electron chi connectivity index (χ1n) is 8.17. The second-order valence-electron chi connectivity index (χ2n) is 6.86. The van der Waals surface area contributed by atoms with E-state index in [0.717, 1.165) is 25.0 Å². The number of hydrogen-bond donors (Lipinski definition) is 1. The standard InChI is InChI=1S/C17H28N4.HI/c1-18-16(21(3)12-15-6-4-11-20(15)2)19-13-17(9-5-10-17)14-7-8-14;/h4,6,11,14H,5,7-10,12-13H2,1-3H3,(H,18,19);1H. The summed E-state index contributed by atoms with van der Waals surface area (Å²) in [7, 11) is 6.09. The molecule has 0 spiro atoms. The first kappa shape index (κ1) is 17.6. The fourth-order valence-corrected chi connectivity index (χ4v) is 3.67. The smallest absolute Gasteiger partial charge is 0.193 e. The molecule has 5 heteroatoms. The maximum Gasteiger partial charge on any atom is 0.193 e. The molecule has 0 amide bonds. The molecule has 4 nitrogen and oxygen atoms in total. The molecule has 2 fully saturated rings. The zero-order valence-corrected chi connectivity index (χ0v) is 16.3. The van der Waals surface area contributed by atoms with Crippen molar-refractivity contribution in [3.63, 3.8) is 0 Å². The number of aryl methyl sites for hydroxylation is 1. The Bertz CT molecular complexity index is 514. The fourth-order valence-electron chi connectivity index (χ4n) is 3.67. The van der Waals surface area contributed by atoms with Crippen molar-refractivity contribution >= 4 is 29.9 Å². The zero-order chi connectivity index (χ0) is 14.9. The number of nitrogens with one attached hydrogen (secondary N) is 1. The van der Waals surface area contributed by atoms with Crippen molar-refractivity contribution in [2.45, 2.75) is 38.6 Å². The van der Waals surface area contributed by atoms with E-state index in [1.165, 1.54) is 37.8 Å². The largest absolute Gasteiger partial charge is 0.356 e. The van der Waals surface area contributed by atoms with Gasteiger partial charge in [0.15, 0.2) is 5.96 Å². The summed E-state index contributed by atoms with van der Waals surface area (Å²) in [5.41, 5.74) is 1.89. The van der Waals surface area contributed by atoms with Crippen molar-refractivity contribution in [3.05, 3.63) is 24.0 Å². The maximum atomic E-state index is 4.46. The number of rotatable bonds is 5. The lowest BCUT2D eigenvalue weighted by Crippen LogP contribution is -2.47. The van der Waals surface area contributed by atoms with E-state index in [-0.39, 0.29) is 24.0 Å². The van der Waals surface area contributed by atoms with Crippen LogP contribution in [-0.4, -0.2) is 36.1 Å². The molecule has 2 saturated carbocycles. The van der Waals surface area contributed by atoms with Gasteiger partial charge in [-0.15, -0.1) is 24.0 Å². The van der Waals surface area contributed by atoms with Gasteiger partial charge in [-0.3, -0.25) is 4.99 Å². The minimum absolute atomic E-state index is 0. The number of aliphatic imine (C=N–C) groups is 1. The highest BCUT2D eigenvalue weighted by molar-refractivity contribution is 14.0. The van der Waals surface area contributed by atoms with E-state index in [4.69, 9.17) is 0 Å². The third-order valence-electron chi connectivity index (χ3n) is 5.42. The third kappa shape index (κ3) is 3.60. The number of nitrogens with zero attached hydrogens (tertiary/aromatic N) is 3. The number of hydrogen-bond acceptors (Lipinski definition) is 1. The predicted octanol–water partition coefficient (Wildman–Crippen LogP) is 3.23. The molecule has 124 valence electrons. The van der Waals surface area contributed by atoms with Crippen LogP contribution in [0.4, 0.5) is 0 Å². The molecule has 2 aliphatic rings. The van der Waals surface area contributed by atoms with Gasteiger partial charge in [-0.2, -0.15) is 0 Å². The van der Waals surface area contributed by atoms with E-state index in [1.807, 2.05) is 7.05 Å². The zero-order valence-electron chi connectivity index (χ0n) is 14.0. The summed E-state index contributed by atoms with van der Waals surface area (Å²) >= 11 is 0. The van der Waals surface area contributed by atoms with Crippen LogP contribution in [0, 0.1) is 11.3 Å². The van der Waals surface area contributed by atoms with E-state index in [1.54, 1.807) is 0 Å². The Hall–Kier alpha value is -0.720. The molecule has 1 aromatic heterocycles. The van der Waals surface area contributed by atoms with Crippen LogP contribution in [0.1, 0.15) is 37.8 Å². The summed E-state index contributed by atoms with van der Waals surface area (Å²) in [6.07, 6.45) is 9.21. The van der Waals surface area contributed by atoms with Crippen LogP contribution in [0.25, 0.3) is 0 Å².